The summed E-state index contributed by atoms with van der Waals surface area (Å²) in [6, 6.07) is 7.64. The van der Waals surface area contributed by atoms with E-state index >= 15 is 0 Å². The highest BCUT2D eigenvalue weighted by Gasteiger charge is 2.44. The minimum absolute atomic E-state index is 0.0264. The summed E-state index contributed by atoms with van der Waals surface area (Å²) in [4.78, 5) is 26.9. The zero-order valence-corrected chi connectivity index (χ0v) is 19.0. The lowest BCUT2D eigenvalue weighted by atomic mass is 9.84. The number of carbonyl (C=O) groups is 2. The van der Waals surface area contributed by atoms with Crippen LogP contribution in [-0.2, 0) is 16.9 Å². The number of aliphatic carboxylic acids is 1. The molecule has 5 heterocycles. The van der Waals surface area contributed by atoms with Gasteiger partial charge < -0.3 is 19.0 Å². The van der Waals surface area contributed by atoms with E-state index in [1.54, 1.807) is 29.7 Å². The summed E-state index contributed by atoms with van der Waals surface area (Å²) in [5.74, 6) is -0.401. The number of hydrogen-bond acceptors (Lipinski definition) is 7. The Balaban J connectivity index is 0.000000344. The lowest BCUT2D eigenvalue weighted by Gasteiger charge is -2.48. The van der Waals surface area contributed by atoms with E-state index in [2.05, 4.69) is 38.2 Å². The van der Waals surface area contributed by atoms with Crippen molar-refractivity contribution in [2.24, 2.45) is 0 Å². The molecular formula is C21H22F3N5O4S. The summed E-state index contributed by atoms with van der Waals surface area (Å²) in [6.07, 6.45) is -1.77. The number of amides is 1. The Hall–Kier alpha value is -3.19. The highest BCUT2D eigenvalue weighted by molar-refractivity contribution is 7.13. The molecule has 182 valence electrons. The minimum Gasteiger partial charge on any atom is -0.475 e. The number of thiophene rings is 1. The molecule has 34 heavy (non-hydrogen) atoms. The van der Waals surface area contributed by atoms with E-state index in [1.807, 2.05) is 11.0 Å². The van der Waals surface area contributed by atoms with Gasteiger partial charge in [0.1, 0.15) is 5.82 Å². The van der Waals surface area contributed by atoms with Crippen molar-refractivity contribution in [1.82, 2.24) is 24.6 Å². The van der Waals surface area contributed by atoms with Crippen LogP contribution in [0.5, 0.6) is 0 Å². The number of aromatic nitrogens is 3. The molecule has 2 aliphatic heterocycles. The monoisotopic (exact) mass is 497 g/mol. The molecule has 13 heteroatoms. The van der Waals surface area contributed by atoms with E-state index in [9.17, 15) is 18.0 Å². The second-order valence-electron chi connectivity index (χ2n) is 8.22. The first-order chi connectivity index (χ1) is 16.1. The van der Waals surface area contributed by atoms with Crippen molar-refractivity contribution in [3.8, 4) is 10.7 Å². The smallest absolute Gasteiger partial charge is 0.475 e. The van der Waals surface area contributed by atoms with Crippen LogP contribution in [0.2, 0.25) is 0 Å². The van der Waals surface area contributed by atoms with Crippen LogP contribution in [0.3, 0.4) is 0 Å². The van der Waals surface area contributed by atoms with Crippen LogP contribution in [0.15, 0.2) is 40.3 Å². The van der Waals surface area contributed by atoms with Gasteiger partial charge in [0.15, 0.2) is 11.6 Å². The fraction of sp³-hybridized carbons (Fsp3) is 0.429. The van der Waals surface area contributed by atoms with Crippen LogP contribution < -0.4 is 0 Å². The normalized spacial score (nSPS) is 17.7. The highest BCUT2D eigenvalue weighted by Crippen LogP contribution is 2.39. The van der Waals surface area contributed by atoms with Crippen LogP contribution in [-0.4, -0.2) is 74.4 Å². The van der Waals surface area contributed by atoms with Gasteiger partial charge >= 0.3 is 12.1 Å². The molecule has 3 aromatic rings. The largest absolute Gasteiger partial charge is 0.490 e. The summed E-state index contributed by atoms with van der Waals surface area (Å²) >= 11 is 1.69. The predicted molar refractivity (Wildman–Crippen MR) is 115 cm³/mol. The molecule has 1 amide bonds. The Bertz CT molecular complexity index is 1140. The summed E-state index contributed by atoms with van der Waals surface area (Å²) in [5.41, 5.74) is -0.0783. The third-order valence-corrected chi connectivity index (χ3v) is 6.74. The van der Waals surface area contributed by atoms with Crippen molar-refractivity contribution >= 4 is 23.2 Å². The molecule has 0 bridgehead atoms. The number of likely N-dealkylation sites (tertiary alicyclic amines) is 1. The lowest BCUT2D eigenvalue weighted by Crippen LogP contribution is -2.56. The number of carboxylic acids is 1. The fourth-order valence-corrected chi connectivity index (χ4v) is 5.12. The quantitative estimate of drug-likeness (QED) is 0.579. The molecule has 0 unspecified atom stereocenters. The fourth-order valence-electron chi connectivity index (χ4n) is 4.42. The van der Waals surface area contributed by atoms with Gasteiger partial charge in [0.05, 0.1) is 23.2 Å². The first kappa shape index (κ1) is 24.0. The Morgan fingerprint density at radius 2 is 1.88 bits per heavy atom. The number of likely N-dealkylation sites (N-methyl/N-ethyl adjacent to an activating group) is 1. The maximum Gasteiger partial charge on any atom is 0.490 e. The van der Waals surface area contributed by atoms with Gasteiger partial charge in [0, 0.05) is 19.6 Å². The number of halogens is 3. The maximum atomic E-state index is 12.6. The Morgan fingerprint density at radius 1 is 1.18 bits per heavy atom. The Kier molecular flexibility index (Phi) is 6.49. The summed E-state index contributed by atoms with van der Waals surface area (Å²) < 4.78 is 39.4. The molecule has 1 fully saturated rings. The standard InChI is InChI=1S/C19H21N5O2S.C2HF3O2/c1-22-12-16-20-21-17(15-5-3-11-27-15)24(16)19(13-22)6-8-23(9-7-19)18(25)14-4-2-10-26-14;3-2(4,5)1(6)7/h2-5,10-11H,6-9,12-13H2,1H3;(H,6,7). The topological polar surface area (TPSA) is 105 Å². The van der Waals surface area contributed by atoms with Crippen LogP contribution >= 0.6 is 11.3 Å². The van der Waals surface area contributed by atoms with Crippen LogP contribution in [0.1, 0.15) is 29.2 Å². The van der Waals surface area contributed by atoms with Crippen molar-refractivity contribution in [3.63, 3.8) is 0 Å². The van der Waals surface area contributed by atoms with Crippen molar-refractivity contribution in [3.05, 3.63) is 47.5 Å². The molecular weight excluding hydrogens is 475 g/mol. The molecule has 1 spiro atoms. The maximum absolute atomic E-state index is 12.6. The zero-order chi connectivity index (χ0) is 24.5. The molecule has 0 aliphatic carbocycles. The number of carboxylic acid groups (broad SMARTS) is 1. The van der Waals surface area contributed by atoms with Gasteiger partial charge in [-0.3, -0.25) is 9.69 Å². The van der Waals surface area contributed by atoms with Crippen LogP contribution in [0, 0.1) is 0 Å². The van der Waals surface area contributed by atoms with Gasteiger partial charge in [-0.05, 0) is 43.5 Å². The number of alkyl halides is 3. The van der Waals surface area contributed by atoms with E-state index in [0.29, 0.717) is 18.8 Å². The first-order valence-electron chi connectivity index (χ1n) is 10.4. The summed E-state index contributed by atoms with van der Waals surface area (Å²) in [7, 11) is 2.13. The molecule has 0 atom stereocenters. The molecule has 3 aromatic heterocycles. The number of hydrogen-bond donors (Lipinski definition) is 1. The second kappa shape index (κ2) is 9.22. The summed E-state index contributed by atoms with van der Waals surface area (Å²) in [5, 5.41) is 18.2. The molecule has 5 rings (SSSR count). The number of piperidine rings is 1. The molecule has 1 N–H and O–H groups in total. The van der Waals surface area contributed by atoms with E-state index in [1.165, 1.54) is 0 Å². The van der Waals surface area contributed by atoms with Gasteiger partial charge in [0.2, 0.25) is 0 Å². The second-order valence-corrected chi connectivity index (χ2v) is 9.17. The minimum atomic E-state index is -5.08. The van der Waals surface area contributed by atoms with Gasteiger partial charge in [0.25, 0.3) is 5.91 Å². The van der Waals surface area contributed by atoms with E-state index in [4.69, 9.17) is 14.3 Å². The van der Waals surface area contributed by atoms with E-state index in [-0.39, 0.29) is 11.4 Å². The summed E-state index contributed by atoms with van der Waals surface area (Å²) in [6.45, 7) is 3.15. The Labute approximate surface area is 196 Å². The third kappa shape index (κ3) is 4.71. The number of fused-ring (bicyclic) bond motifs is 2. The number of carbonyl (C=O) groups excluding carboxylic acids is 1. The highest BCUT2D eigenvalue weighted by atomic mass is 32.1. The van der Waals surface area contributed by atoms with Gasteiger partial charge in [-0.15, -0.1) is 21.5 Å². The third-order valence-electron chi connectivity index (χ3n) is 5.88. The van der Waals surface area contributed by atoms with Crippen molar-refractivity contribution < 1.29 is 32.3 Å². The van der Waals surface area contributed by atoms with Gasteiger partial charge in [-0.1, -0.05) is 6.07 Å². The van der Waals surface area contributed by atoms with Crippen molar-refractivity contribution in [2.45, 2.75) is 31.1 Å². The molecule has 2 aliphatic rings. The van der Waals surface area contributed by atoms with Crippen LogP contribution in [0.25, 0.3) is 10.7 Å². The van der Waals surface area contributed by atoms with Crippen molar-refractivity contribution in [2.75, 3.05) is 26.7 Å². The SMILES string of the molecule is CN1Cc2nnc(-c3cccs3)n2C2(CCN(C(=O)c3ccco3)CC2)C1.O=C(O)C(F)(F)F. The number of rotatable bonds is 2. The van der Waals surface area contributed by atoms with Crippen molar-refractivity contribution in [1.29, 1.82) is 0 Å². The van der Waals surface area contributed by atoms with Gasteiger partial charge in [-0.2, -0.15) is 13.2 Å². The molecule has 0 radical (unpaired) electrons. The first-order valence-corrected chi connectivity index (χ1v) is 11.3. The lowest BCUT2D eigenvalue weighted by molar-refractivity contribution is -0.192. The average molecular weight is 497 g/mol. The number of nitrogens with zero attached hydrogens (tertiary/aromatic N) is 5. The molecule has 9 nitrogen and oxygen atoms in total. The molecule has 0 saturated carbocycles. The zero-order valence-electron chi connectivity index (χ0n) is 18.2. The van der Waals surface area contributed by atoms with E-state index < -0.39 is 12.1 Å². The predicted octanol–water partition coefficient (Wildman–Crippen LogP) is 3.31. The average Bonchev–Trinajstić information content (AvgIpc) is 3.54. The van der Waals surface area contributed by atoms with Crippen LogP contribution in [0.4, 0.5) is 13.2 Å². The van der Waals surface area contributed by atoms with Gasteiger partial charge in [-0.25, -0.2) is 4.79 Å². The molecule has 0 aromatic carbocycles. The molecule has 1 saturated heterocycles. The van der Waals surface area contributed by atoms with E-state index in [0.717, 1.165) is 42.5 Å². The Morgan fingerprint density at radius 3 is 2.44 bits per heavy atom. The number of furan rings is 1.